The standard InChI is InChI=1S/C28H29FN2O5/c1-19(2)17-36-28(33)22-7-11-25(12-8-22)35-18-23-14-21(6-13-26(23)34-3)16-30-31-27(32)15-20-4-9-24(29)10-5-20/h4-14,16,19H,15,17-18H2,1-3H3,(H,31,32). The van der Waals surface area contributed by atoms with Gasteiger partial charge < -0.3 is 14.2 Å². The average Bonchev–Trinajstić information content (AvgIpc) is 2.87. The van der Waals surface area contributed by atoms with Gasteiger partial charge in [0.25, 0.3) is 0 Å². The van der Waals surface area contributed by atoms with Crippen LogP contribution in [0.25, 0.3) is 0 Å². The maximum atomic E-state index is 13.0. The van der Waals surface area contributed by atoms with Gasteiger partial charge in [-0.05, 0) is 71.6 Å². The largest absolute Gasteiger partial charge is 0.496 e. The smallest absolute Gasteiger partial charge is 0.338 e. The molecule has 0 fully saturated rings. The third-order valence-corrected chi connectivity index (χ3v) is 5.02. The second-order valence-corrected chi connectivity index (χ2v) is 8.47. The van der Waals surface area contributed by atoms with E-state index < -0.39 is 0 Å². The van der Waals surface area contributed by atoms with Crippen LogP contribution in [-0.4, -0.2) is 31.8 Å². The molecule has 3 aromatic rings. The Bertz CT molecular complexity index is 1190. The molecule has 3 aromatic carbocycles. The number of carbonyl (C=O) groups excluding carboxylic acids is 2. The second-order valence-electron chi connectivity index (χ2n) is 8.47. The third kappa shape index (κ3) is 8.23. The summed E-state index contributed by atoms with van der Waals surface area (Å²) in [4.78, 5) is 24.1. The first kappa shape index (κ1) is 26.4. The number of esters is 1. The van der Waals surface area contributed by atoms with Gasteiger partial charge in [-0.25, -0.2) is 14.6 Å². The predicted octanol–water partition coefficient (Wildman–Crippen LogP) is 4.92. The molecule has 7 nitrogen and oxygen atoms in total. The van der Waals surface area contributed by atoms with Crippen molar-refractivity contribution >= 4 is 18.1 Å². The summed E-state index contributed by atoms with van der Waals surface area (Å²) >= 11 is 0. The van der Waals surface area contributed by atoms with Crippen molar-refractivity contribution in [3.05, 3.63) is 94.8 Å². The minimum absolute atomic E-state index is 0.0908. The van der Waals surface area contributed by atoms with Crippen LogP contribution in [0.3, 0.4) is 0 Å². The number of hydrogen-bond acceptors (Lipinski definition) is 6. The predicted molar refractivity (Wildman–Crippen MR) is 135 cm³/mol. The first-order chi connectivity index (χ1) is 17.3. The molecule has 36 heavy (non-hydrogen) atoms. The zero-order valence-electron chi connectivity index (χ0n) is 20.5. The highest BCUT2D eigenvalue weighted by molar-refractivity contribution is 5.89. The van der Waals surface area contributed by atoms with E-state index in [1.807, 2.05) is 19.9 Å². The second kappa shape index (κ2) is 13.0. The molecule has 0 aliphatic rings. The molecular formula is C28H29FN2O5. The van der Waals surface area contributed by atoms with Crippen molar-refractivity contribution in [1.29, 1.82) is 0 Å². The van der Waals surface area contributed by atoms with Crippen molar-refractivity contribution < 1.29 is 28.2 Å². The molecule has 0 heterocycles. The molecule has 0 unspecified atom stereocenters. The van der Waals surface area contributed by atoms with Gasteiger partial charge in [0, 0.05) is 5.56 Å². The van der Waals surface area contributed by atoms with Crippen LogP contribution in [0.5, 0.6) is 11.5 Å². The molecule has 0 spiro atoms. The van der Waals surface area contributed by atoms with E-state index in [1.54, 1.807) is 55.6 Å². The topological polar surface area (TPSA) is 86.2 Å². The highest BCUT2D eigenvalue weighted by Crippen LogP contribution is 2.22. The Labute approximate surface area is 209 Å². The molecule has 8 heteroatoms. The third-order valence-electron chi connectivity index (χ3n) is 5.02. The summed E-state index contributed by atoms with van der Waals surface area (Å²) in [6.07, 6.45) is 1.61. The number of rotatable bonds is 11. The van der Waals surface area contributed by atoms with Crippen LogP contribution >= 0.6 is 0 Å². The highest BCUT2D eigenvalue weighted by atomic mass is 19.1. The summed E-state index contributed by atoms with van der Waals surface area (Å²) in [6, 6.07) is 17.9. The lowest BCUT2D eigenvalue weighted by molar-refractivity contribution is -0.120. The maximum Gasteiger partial charge on any atom is 0.338 e. The van der Waals surface area contributed by atoms with Gasteiger partial charge in [0.15, 0.2) is 0 Å². The van der Waals surface area contributed by atoms with Crippen LogP contribution in [0, 0.1) is 11.7 Å². The van der Waals surface area contributed by atoms with Crippen LogP contribution in [0.4, 0.5) is 4.39 Å². The van der Waals surface area contributed by atoms with Crippen molar-refractivity contribution in [3.8, 4) is 11.5 Å². The van der Waals surface area contributed by atoms with E-state index in [0.29, 0.717) is 29.2 Å². The number of hydrazone groups is 1. The van der Waals surface area contributed by atoms with Crippen molar-refractivity contribution in [1.82, 2.24) is 5.43 Å². The van der Waals surface area contributed by atoms with Gasteiger partial charge in [-0.15, -0.1) is 0 Å². The minimum atomic E-state index is -0.367. The van der Waals surface area contributed by atoms with Crippen LogP contribution < -0.4 is 14.9 Å². The van der Waals surface area contributed by atoms with Gasteiger partial charge in [-0.2, -0.15) is 5.10 Å². The molecule has 0 saturated carbocycles. The molecular weight excluding hydrogens is 463 g/mol. The molecule has 0 atom stereocenters. The number of carbonyl (C=O) groups is 2. The fraction of sp³-hybridized carbons (Fsp3) is 0.250. The number of ether oxygens (including phenoxy) is 3. The van der Waals surface area contributed by atoms with E-state index in [2.05, 4.69) is 10.5 Å². The van der Waals surface area contributed by atoms with Gasteiger partial charge in [0.05, 0.1) is 31.9 Å². The molecule has 0 radical (unpaired) electrons. The van der Waals surface area contributed by atoms with E-state index in [-0.39, 0.29) is 36.6 Å². The quantitative estimate of drug-likeness (QED) is 0.233. The van der Waals surface area contributed by atoms with E-state index in [9.17, 15) is 14.0 Å². The van der Waals surface area contributed by atoms with E-state index in [1.165, 1.54) is 18.3 Å². The fourth-order valence-electron chi connectivity index (χ4n) is 3.17. The van der Waals surface area contributed by atoms with Crippen LogP contribution in [0.2, 0.25) is 0 Å². The van der Waals surface area contributed by atoms with Crippen LogP contribution in [0.15, 0.2) is 71.8 Å². The number of nitrogens with one attached hydrogen (secondary N) is 1. The normalized spacial score (nSPS) is 10.9. The summed E-state index contributed by atoms with van der Waals surface area (Å²) in [6.45, 7) is 4.55. The zero-order chi connectivity index (χ0) is 25.9. The monoisotopic (exact) mass is 492 g/mol. The summed E-state index contributed by atoms with van der Waals surface area (Å²) in [7, 11) is 1.57. The Kier molecular flexibility index (Phi) is 9.56. The lowest BCUT2D eigenvalue weighted by Gasteiger charge is -2.12. The van der Waals surface area contributed by atoms with Crippen molar-refractivity contribution in [2.24, 2.45) is 11.0 Å². The molecule has 0 aromatic heterocycles. The number of nitrogens with zero attached hydrogens (tertiary/aromatic N) is 1. The Morgan fingerprint density at radius 1 is 1.03 bits per heavy atom. The molecule has 3 rings (SSSR count). The summed E-state index contributed by atoms with van der Waals surface area (Å²) < 4.78 is 29.5. The van der Waals surface area contributed by atoms with Gasteiger partial charge in [0.1, 0.15) is 23.9 Å². The molecule has 0 aliphatic carbocycles. The first-order valence-electron chi connectivity index (χ1n) is 11.5. The van der Waals surface area contributed by atoms with Gasteiger partial charge in [-0.3, -0.25) is 4.79 Å². The van der Waals surface area contributed by atoms with E-state index >= 15 is 0 Å². The molecule has 188 valence electrons. The molecule has 0 bridgehead atoms. The average molecular weight is 493 g/mol. The van der Waals surface area contributed by atoms with Crippen LogP contribution in [-0.2, 0) is 22.6 Å². The van der Waals surface area contributed by atoms with E-state index in [0.717, 1.165) is 11.1 Å². The lowest BCUT2D eigenvalue weighted by atomic mass is 10.1. The molecule has 0 aliphatic heterocycles. The fourth-order valence-corrected chi connectivity index (χ4v) is 3.17. The van der Waals surface area contributed by atoms with Gasteiger partial charge in [0.2, 0.25) is 5.91 Å². The molecule has 0 saturated heterocycles. The van der Waals surface area contributed by atoms with Crippen molar-refractivity contribution in [2.45, 2.75) is 26.9 Å². The highest BCUT2D eigenvalue weighted by Gasteiger charge is 2.10. The van der Waals surface area contributed by atoms with Crippen LogP contribution in [0.1, 0.15) is 40.9 Å². The Morgan fingerprint density at radius 3 is 2.42 bits per heavy atom. The van der Waals surface area contributed by atoms with Gasteiger partial charge in [-0.1, -0.05) is 26.0 Å². The van der Waals surface area contributed by atoms with Crippen molar-refractivity contribution in [2.75, 3.05) is 13.7 Å². The molecule has 1 amide bonds. The molecule has 1 N–H and O–H groups in total. The number of benzene rings is 3. The SMILES string of the molecule is COc1ccc(C=NNC(=O)Cc2ccc(F)cc2)cc1COc1ccc(C(=O)OCC(C)C)cc1. The first-order valence-corrected chi connectivity index (χ1v) is 11.5. The van der Waals surface area contributed by atoms with Gasteiger partial charge >= 0.3 is 5.97 Å². The maximum absolute atomic E-state index is 13.0. The lowest BCUT2D eigenvalue weighted by Crippen LogP contribution is -2.19. The van der Waals surface area contributed by atoms with Crippen molar-refractivity contribution in [3.63, 3.8) is 0 Å². The Morgan fingerprint density at radius 2 is 1.75 bits per heavy atom. The summed E-state index contributed by atoms with van der Waals surface area (Å²) in [5, 5.41) is 4.00. The number of hydrogen-bond donors (Lipinski definition) is 1. The number of methoxy groups -OCH3 is 1. The minimum Gasteiger partial charge on any atom is -0.496 e. The Balaban J connectivity index is 1.56. The summed E-state index contributed by atoms with van der Waals surface area (Å²) in [5.41, 5.74) is 5.13. The Hall–Kier alpha value is -4.20. The number of amides is 1. The summed E-state index contributed by atoms with van der Waals surface area (Å²) in [5.74, 6) is 0.464. The number of halogens is 1. The zero-order valence-corrected chi connectivity index (χ0v) is 20.5. The van der Waals surface area contributed by atoms with E-state index in [4.69, 9.17) is 14.2 Å².